The number of hydrogen-bond acceptors (Lipinski definition) is 2. The van der Waals surface area contributed by atoms with Crippen molar-refractivity contribution < 1.29 is 14.7 Å². The topological polar surface area (TPSA) is 57.6 Å². The van der Waals surface area contributed by atoms with Crippen molar-refractivity contribution in [3.8, 4) is 0 Å². The van der Waals surface area contributed by atoms with Crippen LogP contribution in [-0.2, 0) is 4.79 Å². The molecule has 0 spiro atoms. The maximum atomic E-state index is 12.1. The minimum absolute atomic E-state index is 0.0302. The van der Waals surface area contributed by atoms with Gasteiger partial charge in [-0.3, -0.25) is 9.59 Å². The molecule has 0 radical (unpaired) electrons. The van der Waals surface area contributed by atoms with Crippen molar-refractivity contribution >= 4 is 27.8 Å². The molecule has 4 nitrogen and oxygen atoms in total. The second-order valence-electron chi connectivity index (χ2n) is 4.64. The summed E-state index contributed by atoms with van der Waals surface area (Å²) < 4.78 is 0.913. The molecule has 1 aromatic carbocycles. The molecular weight excluding hydrogens is 298 g/mol. The van der Waals surface area contributed by atoms with Crippen LogP contribution in [-0.4, -0.2) is 35.0 Å². The summed E-state index contributed by atoms with van der Waals surface area (Å²) in [7, 11) is 0. The van der Waals surface area contributed by atoms with Crippen LogP contribution < -0.4 is 0 Å². The number of carboxylic acids is 1. The maximum Gasteiger partial charge on any atom is 0.303 e. The molecule has 96 valence electrons. The highest BCUT2D eigenvalue weighted by molar-refractivity contribution is 9.10. The average Bonchev–Trinajstić information content (AvgIpc) is 2.25. The van der Waals surface area contributed by atoms with Gasteiger partial charge in [-0.2, -0.15) is 0 Å². The Morgan fingerprint density at radius 3 is 2.67 bits per heavy atom. The quantitative estimate of drug-likeness (QED) is 0.932. The Bertz CT molecular complexity index is 495. The van der Waals surface area contributed by atoms with Crippen LogP contribution in [0.3, 0.4) is 0 Å². The Morgan fingerprint density at radius 2 is 2.11 bits per heavy atom. The zero-order valence-corrected chi connectivity index (χ0v) is 11.6. The zero-order valence-electron chi connectivity index (χ0n) is 10.0. The average molecular weight is 312 g/mol. The maximum absolute atomic E-state index is 12.1. The summed E-state index contributed by atoms with van der Waals surface area (Å²) in [6, 6.07) is 5.50. The third-order valence-electron chi connectivity index (χ3n) is 3.13. The van der Waals surface area contributed by atoms with Crippen molar-refractivity contribution in [2.24, 2.45) is 5.92 Å². The van der Waals surface area contributed by atoms with Crippen molar-refractivity contribution in [3.63, 3.8) is 0 Å². The van der Waals surface area contributed by atoms with Gasteiger partial charge in [-0.05, 0) is 24.6 Å². The SMILES string of the molecule is Cc1ccc(C(=O)N2CC(CC(=O)O)C2)cc1Br. The number of carbonyl (C=O) groups is 2. The first kappa shape index (κ1) is 13.1. The fourth-order valence-corrected chi connectivity index (χ4v) is 2.40. The van der Waals surface area contributed by atoms with E-state index in [9.17, 15) is 9.59 Å². The minimum Gasteiger partial charge on any atom is -0.481 e. The van der Waals surface area contributed by atoms with E-state index in [2.05, 4.69) is 15.9 Å². The van der Waals surface area contributed by atoms with Gasteiger partial charge in [0.05, 0.1) is 6.42 Å². The van der Waals surface area contributed by atoms with E-state index in [-0.39, 0.29) is 18.2 Å². The standard InChI is InChI=1S/C13H14BrNO3/c1-8-2-3-10(5-11(8)14)13(18)15-6-9(7-15)4-12(16)17/h2-3,5,9H,4,6-7H2,1H3,(H,16,17). The smallest absolute Gasteiger partial charge is 0.303 e. The monoisotopic (exact) mass is 311 g/mol. The molecule has 0 saturated carbocycles. The van der Waals surface area contributed by atoms with E-state index in [1.54, 1.807) is 11.0 Å². The van der Waals surface area contributed by atoms with Gasteiger partial charge in [0.25, 0.3) is 5.91 Å². The molecular formula is C13H14BrNO3. The predicted molar refractivity (Wildman–Crippen MR) is 70.5 cm³/mol. The molecule has 1 aromatic rings. The number of nitrogens with zero attached hydrogens (tertiary/aromatic N) is 1. The number of carbonyl (C=O) groups excluding carboxylic acids is 1. The van der Waals surface area contributed by atoms with Crippen molar-refractivity contribution in [2.75, 3.05) is 13.1 Å². The second-order valence-corrected chi connectivity index (χ2v) is 5.49. The summed E-state index contributed by atoms with van der Waals surface area (Å²) in [5.41, 5.74) is 1.72. The van der Waals surface area contributed by atoms with E-state index in [4.69, 9.17) is 5.11 Å². The first-order valence-electron chi connectivity index (χ1n) is 5.74. The van der Waals surface area contributed by atoms with Gasteiger partial charge in [-0.25, -0.2) is 0 Å². The van der Waals surface area contributed by atoms with Gasteiger partial charge in [0.1, 0.15) is 0 Å². The molecule has 1 heterocycles. The van der Waals surface area contributed by atoms with Gasteiger partial charge in [-0.15, -0.1) is 0 Å². The van der Waals surface area contributed by atoms with Gasteiger partial charge >= 0.3 is 5.97 Å². The Labute approximate surface area is 114 Å². The van der Waals surface area contributed by atoms with Crippen LogP contribution in [0.4, 0.5) is 0 Å². The van der Waals surface area contributed by atoms with E-state index in [1.165, 1.54) is 0 Å². The second kappa shape index (κ2) is 5.10. The number of aryl methyl sites for hydroxylation is 1. The Balaban J connectivity index is 1.97. The Kier molecular flexibility index (Phi) is 3.71. The fourth-order valence-electron chi connectivity index (χ4n) is 2.02. The molecule has 0 atom stereocenters. The minimum atomic E-state index is -0.801. The number of hydrogen-bond donors (Lipinski definition) is 1. The van der Waals surface area contributed by atoms with Crippen LogP contribution in [0.1, 0.15) is 22.3 Å². The van der Waals surface area contributed by atoms with E-state index < -0.39 is 5.97 Å². The molecule has 18 heavy (non-hydrogen) atoms. The Morgan fingerprint density at radius 1 is 1.44 bits per heavy atom. The van der Waals surface area contributed by atoms with Crippen molar-refractivity contribution in [1.82, 2.24) is 4.90 Å². The van der Waals surface area contributed by atoms with E-state index in [0.717, 1.165) is 10.0 Å². The molecule has 1 saturated heterocycles. The van der Waals surface area contributed by atoms with Crippen molar-refractivity contribution in [3.05, 3.63) is 33.8 Å². The molecule has 1 aliphatic heterocycles. The highest BCUT2D eigenvalue weighted by atomic mass is 79.9. The third kappa shape index (κ3) is 2.72. The number of carboxylic acid groups (broad SMARTS) is 1. The summed E-state index contributed by atoms with van der Waals surface area (Å²) in [5.74, 6) is -0.733. The molecule has 0 unspecified atom stereocenters. The summed E-state index contributed by atoms with van der Waals surface area (Å²) >= 11 is 3.40. The van der Waals surface area contributed by atoms with Crippen LogP contribution in [0.2, 0.25) is 0 Å². The summed E-state index contributed by atoms with van der Waals surface area (Å²) in [4.78, 5) is 24.3. The van der Waals surface area contributed by atoms with Gasteiger partial charge in [0.2, 0.25) is 0 Å². The highest BCUT2D eigenvalue weighted by Gasteiger charge is 2.32. The van der Waals surface area contributed by atoms with Gasteiger partial charge < -0.3 is 10.0 Å². The summed E-state index contributed by atoms with van der Waals surface area (Å²) in [6.45, 7) is 3.04. The van der Waals surface area contributed by atoms with Gasteiger partial charge in [-0.1, -0.05) is 22.0 Å². The highest BCUT2D eigenvalue weighted by Crippen LogP contribution is 2.24. The lowest BCUT2D eigenvalue weighted by atomic mass is 9.95. The van der Waals surface area contributed by atoms with Crippen molar-refractivity contribution in [2.45, 2.75) is 13.3 Å². The van der Waals surface area contributed by atoms with Gasteiger partial charge in [0.15, 0.2) is 0 Å². The Hall–Kier alpha value is -1.36. The van der Waals surface area contributed by atoms with E-state index >= 15 is 0 Å². The third-order valence-corrected chi connectivity index (χ3v) is 3.98. The first-order valence-corrected chi connectivity index (χ1v) is 6.54. The lowest BCUT2D eigenvalue weighted by Gasteiger charge is -2.38. The molecule has 5 heteroatoms. The van der Waals surface area contributed by atoms with Gasteiger partial charge in [0, 0.05) is 29.0 Å². The molecule has 1 aliphatic rings. The van der Waals surface area contributed by atoms with Crippen molar-refractivity contribution in [1.29, 1.82) is 0 Å². The largest absolute Gasteiger partial charge is 0.481 e. The normalized spacial score (nSPS) is 15.3. The molecule has 0 aliphatic carbocycles. The van der Waals surface area contributed by atoms with Crippen LogP contribution >= 0.6 is 15.9 Å². The zero-order chi connectivity index (χ0) is 13.3. The molecule has 1 N–H and O–H groups in total. The first-order chi connectivity index (χ1) is 8.47. The summed E-state index contributed by atoms with van der Waals surface area (Å²) in [6.07, 6.45) is 0.140. The van der Waals surface area contributed by atoms with Crippen LogP contribution in [0, 0.1) is 12.8 Å². The van der Waals surface area contributed by atoms with Crippen LogP contribution in [0.15, 0.2) is 22.7 Å². The molecule has 2 rings (SSSR count). The number of aliphatic carboxylic acids is 1. The predicted octanol–water partition coefficient (Wildman–Crippen LogP) is 2.30. The number of amides is 1. The fraction of sp³-hybridized carbons (Fsp3) is 0.385. The number of benzene rings is 1. The lowest BCUT2D eigenvalue weighted by Crippen LogP contribution is -2.50. The molecule has 1 fully saturated rings. The molecule has 0 aromatic heterocycles. The molecule has 0 bridgehead atoms. The van der Waals surface area contributed by atoms with E-state index in [0.29, 0.717) is 18.7 Å². The molecule has 1 amide bonds. The van der Waals surface area contributed by atoms with Crippen LogP contribution in [0.25, 0.3) is 0 Å². The summed E-state index contributed by atoms with van der Waals surface area (Å²) in [5, 5.41) is 8.65. The number of likely N-dealkylation sites (tertiary alicyclic amines) is 1. The van der Waals surface area contributed by atoms with E-state index in [1.807, 2.05) is 19.1 Å². The lowest BCUT2D eigenvalue weighted by molar-refractivity contribution is -0.139. The number of halogens is 1. The number of rotatable bonds is 3. The van der Waals surface area contributed by atoms with Crippen LogP contribution in [0.5, 0.6) is 0 Å².